The van der Waals surface area contributed by atoms with E-state index in [-0.39, 0.29) is 37.0 Å². The first-order valence-corrected chi connectivity index (χ1v) is 14.3. The first kappa shape index (κ1) is 26.8. The SMILES string of the molecule is CCOC(=O)C1CN(C(=O)c2ccc(-c3ccncc3)cc2)CCN1S(=O)(=O)c1ccc2cc(Cl)ccc2c1. The molecule has 5 rings (SSSR count). The van der Waals surface area contributed by atoms with Gasteiger partial charge in [-0.15, -0.1) is 0 Å². The number of aromatic nitrogens is 1. The average molecular weight is 564 g/mol. The standard InChI is InChI=1S/C29H26ClN3O5S/c1-2-38-29(35)27-19-32(28(34)22-5-3-20(4-6-22)21-11-13-31-14-12-21)15-16-33(27)39(36,37)26-10-8-23-17-25(30)9-7-24(23)18-26/h3-14,17-18,27H,2,15-16,19H2,1H3. The van der Waals surface area contributed by atoms with Gasteiger partial charge in [0.25, 0.3) is 5.91 Å². The van der Waals surface area contributed by atoms with Crippen LogP contribution in [0.1, 0.15) is 17.3 Å². The molecule has 0 spiro atoms. The number of carbonyl (C=O) groups excluding carboxylic acids is 2. The number of fused-ring (bicyclic) bond motifs is 1. The van der Waals surface area contributed by atoms with E-state index < -0.39 is 22.0 Å². The molecule has 1 amide bonds. The van der Waals surface area contributed by atoms with Crippen LogP contribution < -0.4 is 0 Å². The third-order valence-electron chi connectivity index (χ3n) is 6.70. The first-order valence-electron chi connectivity index (χ1n) is 12.5. The molecule has 2 heterocycles. The lowest BCUT2D eigenvalue weighted by Crippen LogP contribution is -2.59. The number of esters is 1. The van der Waals surface area contributed by atoms with Crippen molar-refractivity contribution < 1.29 is 22.7 Å². The zero-order chi connectivity index (χ0) is 27.6. The molecule has 0 aliphatic carbocycles. The molecule has 200 valence electrons. The summed E-state index contributed by atoms with van der Waals surface area (Å²) in [6.07, 6.45) is 3.40. The van der Waals surface area contributed by atoms with Gasteiger partial charge in [0.15, 0.2) is 0 Å². The Morgan fingerprint density at radius 2 is 1.59 bits per heavy atom. The number of carbonyl (C=O) groups is 2. The number of hydrogen-bond donors (Lipinski definition) is 0. The lowest BCUT2D eigenvalue weighted by Gasteiger charge is -2.39. The molecule has 1 aliphatic rings. The molecule has 3 aromatic carbocycles. The van der Waals surface area contributed by atoms with Crippen molar-refractivity contribution in [3.63, 3.8) is 0 Å². The Morgan fingerprint density at radius 1 is 0.923 bits per heavy atom. The van der Waals surface area contributed by atoms with Gasteiger partial charge in [-0.2, -0.15) is 4.31 Å². The molecule has 8 nitrogen and oxygen atoms in total. The average Bonchev–Trinajstić information content (AvgIpc) is 2.96. The summed E-state index contributed by atoms with van der Waals surface area (Å²) in [5, 5.41) is 2.05. The fraction of sp³-hybridized carbons (Fsp3) is 0.207. The van der Waals surface area contributed by atoms with E-state index in [1.54, 1.807) is 61.8 Å². The van der Waals surface area contributed by atoms with Crippen LogP contribution >= 0.6 is 11.6 Å². The third-order valence-corrected chi connectivity index (χ3v) is 8.84. The number of nitrogens with zero attached hydrogens (tertiary/aromatic N) is 3. The lowest BCUT2D eigenvalue weighted by atomic mass is 10.0. The summed E-state index contributed by atoms with van der Waals surface area (Å²) in [6, 6.07) is 19.7. The Labute approximate surface area is 231 Å². The lowest BCUT2D eigenvalue weighted by molar-refractivity contribution is -0.149. The van der Waals surface area contributed by atoms with E-state index in [4.69, 9.17) is 16.3 Å². The molecule has 0 bridgehead atoms. The normalized spacial score (nSPS) is 16.3. The monoisotopic (exact) mass is 563 g/mol. The minimum absolute atomic E-state index is 0.0503. The summed E-state index contributed by atoms with van der Waals surface area (Å²) in [6.45, 7) is 1.70. The van der Waals surface area contributed by atoms with E-state index in [0.717, 1.165) is 20.8 Å². The second kappa shape index (κ2) is 11.1. The summed E-state index contributed by atoms with van der Waals surface area (Å²) in [5.41, 5.74) is 2.36. The van der Waals surface area contributed by atoms with Crippen LogP contribution in [0.25, 0.3) is 21.9 Å². The van der Waals surface area contributed by atoms with Gasteiger partial charge in [0, 0.05) is 42.6 Å². The molecule has 39 heavy (non-hydrogen) atoms. The van der Waals surface area contributed by atoms with Crippen LogP contribution in [0.4, 0.5) is 0 Å². The zero-order valence-electron chi connectivity index (χ0n) is 21.2. The maximum Gasteiger partial charge on any atom is 0.326 e. The number of rotatable bonds is 6. The Bertz CT molecular complexity index is 1630. The molecule has 10 heteroatoms. The molecular formula is C29H26ClN3O5S. The third kappa shape index (κ3) is 5.52. The quantitative estimate of drug-likeness (QED) is 0.317. The van der Waals surface area contributed by atoms with Gasteiger partial charge >= 0.3 is 5.97 Å². The summed E-state index contributed by atoms with van der Waals surface area (Å²) in [5.74, 6) is -0.982. The molecule has 1 aliphatic heterocycles. The van der Waals surface area contributed by atoms with Crippen molar-refractivity contribution in [2.75, 3.05) is 26.2 Å². The molecule has 0 radical (unpaired) electrons. The number of piperazine rings is 1. The van der Waals surface area contributed by atoms with Gasteiger partial charge in [-0.1, -0.05) is 35.9 Å². The van der Waals surface area contributed by atoms with Crippen molar-refractivity contribution in [2.45, 2.75) is 17.9 Å². The van der Waals surface area contributed by atoms with Crippen LogP contribution in [-0.2, 0) is 19.6 Å². The van der Waals surface area contributed by atoms with Crippen molar-refractivity contribution in [1.82, 2.24) is 14.2 Å². The number of hydrogen-bond acceptors (Lipinski definition) is 6. The van der Waals surface area contributed by atoms with Crippen molar-refractivity contribution in [3.8, 4) is 11.1 Å². The summed E-state index contributed by atoms with van der Waals surface area (Å²) in [4.78, 5) is 31.9. The Hall–Kier alpha value is -3.79. The van der Waals surface area contributed by atoms with Gasteiger partial charge in [0.1, 0.15) is 6.04 Å². The predicted molar refractivity (Wildman–Crippen MR) is 149 cm³/mol. The van der Waals surface area contributed by atoms with Gasteiger partial charge < -0.3 is 9.64 Å². The number of pyridine rings is 1. The number of sulfonamides is 1. The molecule has 1 fully saturated rings. The van der Waals surface area contributed by atoms with Gasteiger partial charge in [-0.3, -0.25) is 14.6 Å². The highest BCUT2D eigenvalue weighted by Crippen LogP contribution is 2.28. The maximum absolute atomic E-state index is 13.7. The van der Waals surface area contributed by atoms with Crippen molar-refractivity contribution in [1.29, 1.82) is 0 Å². The van der Waals surface area contributed by atoms with Gasteiger partial charge in [0.05, 0.1) is 11.5 Å². The zero-order valence-corrected chi connectivity index (χ0v) is 22.7. The minimum Gasteiger partial charge on any atom is -0.465 e. The first-order chi connectivity index (χ1) is 18.8. The van der Waals surface area contributed by atoms with Gasteiger partial charge in [-0.05, 0) is 77.4 Å². The van der Waals surface area contributed by atoms with E-state index >= 15 is 0 Å². The second-order valence-electron chi connectivity index (χ2n) is 9.10. The molecule has 0 N–H and O–H groups in total. The van der Waals surface area contributed by atoms with E-state index in [2.05, 4.69) is 4.98 Å². The molecule has 4 aromatic rings. The second-order valence-corrected chi connectivity index (χ2v) is 11.4. The Kier molecular flexibility index (Phi) is 7.65. The highest BCUT2D eigenvalue weighted by atomic mass is 35.5. The van der Waals surface area contributed by atoms with E-state index in [1.165, 1.54) is 11.0 Å². The van der Waals surface area contributed by atoms with E-state index in [1.807, 2.05) is 24.3 Å². The maximum atomic E-state index is 13.7. The largest absolute Gasteiger partial charge is 0.465 e. The number of amides is 1. The summed E-state index contributed by atoms with van der Waals surface area (Å²) in [7, 11) is -4.07. The predicted octanol–water partition coefficient (Wildman–Crippen LogP) is 4.63. The van der Waals surface area contributed by atoms with E-state index in [9.17, 15) is 18.0 Å². The fourth-order valence-corrected chi connectivity index (χ4v) is 6.47. The Morgan fingerprint density at radius 3 is 2.31 bits per heavy atom. The van der Waals surface area contributed by atoms with Crippen LogP contribution in [-0.4, -0.2) is 66.8 Å². The van der Waals surface area contributed by atoms with Crippen LogP contribution in [0.5, 0.6) is 0 Å². The van der Waals surface area contributed by atoms with Crippen LogP contribution in [0.15, 0.2) is 90.1 Å². The molecule has 1 atom stereocenters. The molecular weight excluding hydrogens is 538 g/mol. The smallest absolute Gasteiger partial charge is 0.326 e. The number of halogens is 1. The van der Waals surface area contributed by atoms with Gasteiger partial charge in [-0.25, -0.2) is 8.42 Å². The van der Waals surface area contributed by atoms with E-state index in [0.29, 0.717) is 16.0 Å². The van der Waals surface area contributed by atoms with Crippen molar-refractivity contribution in [3.05, 3.63) is 95.8 Å². The highest BCUT2D eigenvalue weighted by molar-refractivity contribution is 7.89. The van der Waals surface area contributed by atoms with Gasteiger partial charge in [0.2, 0.25) is 10.0 Å². The minimum atomic E-state index is -4.07. The summed E-state index contributed by atoms with van der Waals surface area (Å²) < 4.78 is 33.8. The van der Waals surface area contributed by atoms with Crippen molar-refractivity contribution in [2.24, 2.45) is 0 Å². The molecule has 1 saturated heterocycles. The van der Waals surface area contributed by atoms with Crippen molar-refractivity contribution >= 4 is 44.3 Å². The highest BCUT2D eigenvalue weighted by Gasteiger charge is 2.42. The molecule has 1 aromatic heterocycles. The van der Waals surface area contributed by atoms with Crippen LogP contribution in [0, 0.1) is 0 Å². The van der Waals surface area contributed by atoms with Crippen LogP contribution in [0.3, 0.4) is 0 Å². The summed E-state index contributed by atoms with van der Waals surface area (Å²) >= 11 is 6.06. The number of benzene rings is 3. The molecule has 1 unspecified atom stereocenters. The Balaban J connectivity index is 1.39. The van der Waals surface area contributed by atoms with Crippen LogP contribution in [0.2, 0.25) is 5.02 Å². The molecule has 0 saturated carbocycles. The fourth-order valence-electron chi connectivity index (χ4n) is 4.69. The topological polar surface area (TPSA) is 96.9 Å². The number of ether oxygens (including phenoxy) is 1.